The molecule has 1 aliphatic heterocycles. The highest BCUT2D eigenvalue weighted by Crippen LogP contribution is 2.36. The Bertz CT molecular complexity index is 445. The van der Waals surface area contributed by atoms with E-state index in [1.54, 1.807) is 19.1 Å². The molecular formula is C19H32NO3+. The lowest BCUT2D eigenvalue weighted by molar-refractivity contribution is -0.912. The van der Waals surface area contributed by atoms with E-state index in [1.807, 2.05) is 18.2 Å². The molecule has 0 radical (unpaired) electrons. The standard InChI is InChI=1S/C19H31NO3/c1-15-12-16(2)14-20(13-15)10-5-6-11-23-19-17(21-3)8-7-9-18(19)22-4/h7-9,15-16H,5-6,10-14H2,1-4H3/p+1/t15-,16+. The quantitative estimate of drug-likeness (QED) is 0.746. The van der Waals surface area contributed by atoms with E-state index < -0.39 is 0 Å². The SMILES string of the molecule is COc1cccc(OC)c1OCCCC[NH+]1C[C@H](C)C[C@H](C)C1. The van der Waals surface area contributed by atoms with E-state index >= 15 is 0 Å². The van der Waals surface area contributed by atoms with Crippen LogP contribution in [0.4, 0.5) is 0 Å². The first-order valence-corrected chi connectivity index (χ1v) is 8.81. The van der Waals surface area contributed by atoms with Gasteiger partial charge in [0.25, 0.3) is 0 Å². The summed E-state index contributed by atoms with van der Waals surface area (Å²) in [5, 5.41) is 0. The van der Waals surface area contributed by atoms with Gasteiger partial charge in [0.05, 0.1) is 40.5 Å². The van der Waals surface area contributed by atoms with Gasteiger partial charge in [0.1, 0.15) is 0 Å². The number of methoxy groups -OCH3 is 2. The van der Waals surface area contributed by atoms with E-state index in [0.717, 1.165) is 29.8 Å². The Morgan fingerprint density at radius 2 is 1.61 bits per heavy atom. The maximum absolute atomic E-state index is 5.92. The van der Waals surface area contributed by atoms with Crippen molar-refractivity contribution in [1.82, 2.24) is 0 Å². The van der Waals surface area contributed by atoms with Crippen LogP contribution in [0.2, 0.25) is 0 Å². The van der Waals surface area contributed by atoms with Crippen LogP contribution in [0.3, 0.4) is 0 Å². The average Bonchev–Trinajstić information content (AvgIpc) is 2.53. The van der Waals surface area contributed by atoms with E-state index in [-0.39, 0.29) is 0 Å². The Balaban J connectivity index is 1.73. The van der Waals surface area contributed by atoms with Crippen molar-refractivity contribution in [2.45, 2.75) is 33.1 Å². The van der Waals surface area contributed by atoms with E-state index in [2.05, 4.69) is 13.8 Å². The third-order valence-electron chi connectivity index (χ3n) is 4.63. The molecule has 2 rings (SSSR count). The predicted octanol–water partition coefficient (Wildman–Crippen LogP) is 2.42. The number of hydrogen-bond donors (Lipinski definition) is 1. The Kier molecular flexibility index (Phi) is 7.03. The van der Waals surface area contributed by atoms with Crippen molar-refractivity contribution in [2.24, 2.45) is 11.8 Å². The molecule has 1 aromatic rings. The van der Waals surface area contributed by atoms with Crippen LogP contribution in [0.5, 0.6) is 17.2 Å². The van der Waals surface area contributed by atoms with Gasteiger partial charge in [-0.3, -0.25) is 0 Å². The first-order chi connectivity index (χ1) is 11.1. The first kappa shape index (κ1) is 17.9. The molecule has 130 valence electrons. The van der Waals surface area contributed by atoms with Crippen LogP contribution in [-0.2, 0) is 0 Å². The number of para-hydroxylation sites is 1. The normalized spacial score (nSPS) is 24.3. The van der Waals surface area contributed by atoms with E-state index in [4.69, 9.17) is 14.2 Å². The molecule has 0 amide bonds. The summed E-state index contributed by atoms with van der Waals surface area (Å²) in [5.74, 6) is 3.90. The molecule has 0 aromatic heterocycles. The van der Waals surface area contributed by atoms with Crippen molar-refractivity contribution in [1.29, 1.82) is 0 Å². The number of piperidine rings is 1. The molecule has 4 heteroatoms. The summed E-state index contributed by atoms with van der Waals surface area (Å²) in [6, 6.07) is 5.71. The second-order valence-electron chi connectivity index (χ2n) is 6.90. The zero-order chi connectivity index (χ0) is 16.7. The molecule has 1 aliphatic rings. The van der Waals surface area contributed by atoms with Gasteiger partial charge in [0.2, 0.25) is 5.75 Å². The van der Waals surface area contributed by atoms with Crippen molar-refractivity contribution in [3.8, 4) is 17.2 Å². The maximum Gasteiger partial charge on any atom is 0.203 e. The Morgan fingerprint density at radius 3 is 2.17 bits per heavy atom. The fraction of sp³-hybridized carbons (Fsp3) is 0.684. The Labute approximate surface area is 140 Å². The van der Waals surface area contributed by atoms with E-state index in [0.29, 0.717) is 12.4 Å². The number of hydrogen-bond acceptors (Lipinski definition) is 3. The molecular weight excluding hydrogens is 290 g/mol. The van der Waals surface area contributed by atoms with Gasteiger partial charge in [-0.1, -0.05) is 19.9 Å². The van der Waals surface area contributed by atoms with Crippen LogP contribution in [-0.4, -0.2) is 40.5 Å². The predicted molar refractivity (Wildman–Crippen MR) is 92.8 cm³/mol. The minimum atomic E-state index is 0.703. The second kappa shape index (κ2) is 9.02. The zero-order valence-electron chi connectivity index (χ0n) is 15.1. The third kappa shape index (κ3) is 5.31. The Hall–Kier alpha value is -1.42. The summed E-state index contributed by atoms with van der Waals surface area (Å²) < 4.78 is 16.6. The number of nitrogens with one attached hydrogen (secondary N) is 1. The topological polar surface area (TPSA) is 32.1 Å². The fourth-order valence-electron chi connectivity index (χ4n) is 3.74. The molecule has 0 bridgehead atoms. The van der Waals surface area contributed by atoms with Crippen molar-refractivity contribution in [2.75, 3.05) is 40.5 Å². The number of likely N-dealkylation sites (tertiary alicyclic amines) is 1. The van der Waals surface area contributed by atoms with Crippen LogP contribution in [0.25, 0.3) is 0 Å². The van der Waals surface area contributed by atoms with Crippen LogP contribution < -0.4 is 19.1 Å². The molecule has 1 unspecified atom stereocenters. The van der Waals surface area contributed by atoms with E-state index in [9.17, 15) is 0 Å². The highest BCUT2D eigenvalue weighted by molar-refractivity contribution is 5.51. The lowest BCUT2D eigenvalue weighted by atomic mass is 9.92. The Morgan fingerprint density at radius 1 is 1.00 bits per heavy atom. The molecule has 0 aliphatic carbocycles. The smallest absolute Gasteiger partial charge is 0.203 e. The lowest BCUT2D eigenvalue weighted by Gasteiger charge is -2.32. The van der Waals surface area contributed by atoms with Crippen molar-refractivity contribution in [3.63, 3.8) is 0 Å². The monoisotopic (exact) mass is 322 g/mol. The summed E-state index contributed by atoms with van der Waals surface area (Å²) in [4.78, 5) is 1.76. The summed E-state index contributed by atoms with van der Waals surface area (Å²) in [6.07, 6.45) is 3.65. The molecule has 1 aromatic carbocycles. The second-order valence-corrected chi connectivity index (χ2v) is 6.90. The number of unbranched alkanes of at least 4 members (excludes halogenated alkanes) is 1. The summed E-state index contributed by atoms with van der Waals surface area (Å²) >= 11 is 0. The molecule has 1 heterocycles. The number of benzene rings is 1. The van der Waals surface area contributed by atoms with Gasteiger partial charge < -0.3 is 19.1 Å². The summed E-state index contributed by atoms with van der Waals surface area (Å²) in [6.45, 7) is 9.37. The molecule has 1 fully saturated rings. The maximum atomic E-state index is 5.92. The van der Waals surface area contributed by atoms with Gasteiger partial charge in [0.15, 0.2) is 11.5 Å². The molecule has 0 spiro atoms. The van der Waals surface area contributed by atoms with Crippen molar-refractivity contribution < 1.29 is 19.1 Å². The van der Waals surface area contributed by atoms with Gasteiger partial charge >= 0.3 is 0 Å². The zero-order valence-corrected chi connectivity index (χ0v) is 15.1. The highest BCUT2D eigenvalue weighted by Gasteiger charge is 2.24. The number of ether oxygens (including phenoxy) is 3. The average molecular weight is 322 g/mol. The molecule has 4 nitrogen and oxygen atoms in total. The van der Waals surface area contributed by atoms with Gasteiger partial charge in [-0.15, -0.1) is 0 Å². The van der Waals surface area contributed by atoms with Gasteiger partial charge in [-0.2, -0.15) is 0 Å². The van der Waals surface area contributed by atoms with Crippen LogP contribution in [0.15, 0.2) is 18.2 Å². The van der Waals surface area contributed by atoms with Gasteiger partial charge in [-0.25, -0.2) is 0 Å². The van der Waals surface area contributed by atoms with Gasteiger partial charge in [-0.05, 0) is 31.4 Å². The lowest BCUT2D eigenvalue weighted by Crippen LogP contribution is -3.14. The van der Waals surface area contributed by atoms with Crippen LogP contribution >= 0.6 is 0 Å². The van der Waals surface area contributed by atoms with E-state index in [1.165, 1.54) is 32.5 Å². The van der Waals surface area contributed by atoms with Crippen molar-refractivity contribution >= 4 is 0 Å². The molecule has 1 N–H and O–H groups in total. The minimum absolute atomic E-state index is 0.703. The first-order valence-electron chi connectivity index (χ1n) is 8.81. The third-order valence-corrected chi connectivity index (χ3v) is 4.63. The number of quaternary nitrogens is 1. The largest absolute Gasteiger partial charge is 0.493 e. The van der Waals surface area contributed by atoms with Gasteiger partial charge in [0, 0.05) is 11.8 Å². The highest BCUT2D eigenvalue weighted by atomic mass is 16.5. The fourth-order valence-corrected chi connectivity index (χ4v) is 3.74. The number of rotatable bonds is 8. The molecule has 1 saturated heterocycles. The minimum Gasteiger partial charge on any atom is -0.493 e. The van der Waals surface area contributed by atoms with Crippen LogP contribution in [0.1, 0.15) is 33.1 Å². The molecule has 23 heavy (non-hydrogen) atoms. The van der Waals surface area contributed by atoms with Crippen molar-refractivity contribution in [3.05, 3.63) is 18.2 Å². The molecule has 0 saturated carbocycles. The summed E-state index contributed by atoms with van der Waals surface area (Å²) in [7, 11) is 3.31. The molecule has 3 atom stereocenters. The summed E-state index contributed by atoms with van der Waals surface area (Å²) in [5.41, 5.74) is 0. The van der Waals surface area contributed by atoms with Crippen LogP contribution in [0, 0.1) is 11.8 Å².